The normalized spacial score (nSPS) is 15.6. The van der Waals surface area contributed by atoms with Gasteiger partial charge >= 0.3 is 24.7 Å². The number of imide groups is 2. The number of nitrogens with zero attached hydrogens (tertiary/aromatic N) is 2. The van der Waals surface area contributed by atoms with Gasteiger partial charge in [0.15, 0.2) is 0 Å². The van der Waals surface area contributed by atoms with Crippen molar-refractivity contribution in [1.82, 2.24) is 4.90 Å². The summed E-state index contributed by atoms with van der Waals surface area (Å²) in [5, 5.41) is 0. The molecule has 0 spiro atoms. The van der Waals surface area contributed by atoms with E-state index in [4.69, 9.17) is 0 Å². The Labute approximate surface area is 340 Å². The van der Waals surface area contributed by atoms with E-state index in [9.17, 15) is 45.5 Å². The number of hydrogen-bond donors (Lipinski definition) is 0. The molecule has 0 fully saturated rings. The molecule has 2 aliphatic heterocycles. The minimum Gasteiger partial charge on any atom is -0.269 e. The van der Waals surface area contributed by atoms with Gasteiger partial charge in [-0.1, -0.05) is 65.0 Å². The predicted molar refractivity (Wildman–Crippen MR) is 197 cm³/mol. The summed E-state index contributed by atoms with van der Waals surface area (Å²) in [5.74, 6) is -5.18. The average molecular weight is 871 g/mol. The van der Waals surface area contributed by atoms with E-state index in [0.29, 0.717) is 42.5 Å². The van der Waals surface area contributed by atoms with Gasteiger partial charge in [-0.3, -0.25) is 24.1 Å². The zero-order chi connectivity index (χ0) is 45.8. The van der Waals surface area contributed by atoms with Gasteiger partial charge in [0.05, 0.1) is 39.1 Å². The molecular formula is C43H34F12N2O4. The average Bonchev–Trinajstić information content (AvgIpc) is 3.55. The highest BCUT2D eigenvalue weighted by Crippen LogP contribution is 2.57. The Balaban J connectivity index is 1.49. The molecule has 0 saturated heterocycles. The van der Waals surface area contributed by atoms with Crippen molar-refractivity contribution in [2.24, 2.45) is 0 Å². The van der Waals surface area contributed by atoms with Gasteiger partial charge in [0.25, 0.3) is 23.6 Å². The van der Waals surface area contributed by atoms with Crippen molar-refractivity contribution in [3.63, 3.8) is 0 Å². The first kappa shape index (κ1) is 44.9. The molecule has 0 N–H and O–H groups in total. The Hall–Kier alpha value is -5.68. The summed E-state index contributed by atoms with van der Waals surface area (Å²) < 4.78 is 179. The van der Waals surface area contributed by atoms with Crippen LogP contribution in [0.3, 0.4) is 0 Å². The van der Waals surface area contributed by atoms with Crippen LogP contribution in [0.25, 0.3) is 11.1 Å². The van der Waals surface area contributed by atoms with E-state index < -0.39 is 126 Å². The zero-order valence-corrected chi connectivity index (χ0v) is 32.9. The van der Waals surface area contributed by atoms with Gasteiger partial charge in [-0.05, 0) is 95.5 Å². The molecule has 0 aliphatic carbocycles. The van der Waals surface area contributed by atoms with Gasteiger partial charge in [-0.15, -0.1) is 0 Å². The Morgan fingerprint density at radius 1 is 0.443 bits per heavy atom. The van der Waals surface area contributed by atoms with Crippen LogP contribution >= 0.6 is 0 Å². The molecule has 0 radical (unpaired) electrons. The molecule has 0 saturated carbocycles. The molecular weight excluding hydrogens is 836 g/mol. The molecule has 0 unspecified atom stereocenters. The highest BCUT2D eigenvalue weighted by molar-refractivity contribution is 6.34. The Kier molecular flexibility index (Phi) is 10.4. The number of hydrogen-bond acceptors (Lipinski definition) is 4. The summed E-state index contributed by atoms with van der Waals surface area (Å²) in [6, 6.07) is 6.34. The molecule has 0 aromatic heterocycles. The fourth-order valence-corrected chi connectivity index (χ4v) is 7.84. The van der Waals surface area contributed by atoms with E-state index in [1.807, 2.05) is 0 Å². The quantitative estimate of drug-likeness (QED) is 0.137. The van der Waals surface area contributed by atoms with E-state index in [2.05, 4.69) is 0 Å². The first-order valence-corrected chi connectivity index (χ1v) is 18.5. The molecule has 61 heavy (non-hydrogen) atoms. The fourth-order valence-electron chi connectivity index (χ4n) is 7.84. The Morgan fingerprint density at radius 3 is 1.26 bits per heavy atom. The van der Waals surface area contributed by atoms with Crippen molar-refractivity contribution in [3.8, 4) is 11.1 Å². The highest BCUT2D eigenvalue weighted by Gasteiger charge is 2.73. The lowest BCUT2D eigenvalue weighted by atomic mass is 9.71. The number of halogens is 12. The number of carbonyl (C=O) groups excluding carboxylic acids is 4. The third kappa shape index (κ3) is 6.95. The van der Waals surface area contributed by atoms with Crippen LogP contribution in [0.5, 0.6) is 0 Å². The van der Waals surface area contributed by atoms with Crippen molar-refractivity contribution < 1.29 is 71.9 Å². The summed E-state index contributed by atoms with van der Waals surface area (Å²) in [6.45, 7) is 9.51. The molecule has 18 heteroatoms. The minimum absolute atomic E-state index is 0.0520. The Bertz CT molecular complexity index is 2490. The van der Waals surface area contributed by atoms with Crippen molar-refractivity contribution in [3.05, 3.63) is 123 Å². The van der Waals surface area contributed by atoms with Crippen molar-refractivity contribution in [2.45, 2.75) is 95.5 Å². The zero-order valence-electron chi connectivity index (χ0n) is 32.9. The second-order valence-corrected chi connectivity index (χ2v) is 16.1. The van der Waals surface area contributed by atoms with Gasteiger partial charge in [0, 0.05) is 5.54 Å². The molecule has 324 valence electrons. The number of carbonyl (C=O) groups is 4. The van der Waals surface area contributed by atoms with Crippen LogP contribution in [0.1, 0.15) is 124 Å². The lowest BCUT2D eigenvalue weighted by molar-refractivity contribution is -0.288. The third-order valence-electron chi connectivity index (χ3n) is 11.6. The maximum Gasteiger partial charge on any atom is 0.417 e. The maximum absolute atomic E-state index is 15.3. The van der Waals surface area contributed by atoms with Crippen molar-refractivity contribution >= 4 is 29.3 Å². The van der Waals surface area contributed by atoms with E-state index in [1.54, 1.807) is 34.6 Å². The smallest absolute Gasteiger partial charge is 0.269 e. The minimum atomic E-state index is -6.29. The van der Waals surface area contributed by atoms with Crippen LogP contribution in [0.15, 0.2) is 72.8 Å². The van der Waals surface area contributed by atoms with Crippen LogP contribution in [-0.4, -0.2) is 46.4 Å². The van der Waals surface area contributed by atoms with Crippen molar-refractivity contribution in [1.29, 1.82) is 0 Å². The Morgan fingerprint density at radius 2 is 0.820 bits per heavy atom. The van der Waals surface area contributed by atoms with E-state index >= 15 is 26.3 Å². The lowest BCUT2D eigenvalue weighted by Crippen LogP contribution is -2.55. The molecule has 4 amide bonds. The van der Waals surface area contributed by atoms with Gasteiger partial charge in [0.2, 0.25) is 5.41 Å². The number of anilines is 1. The first-order chi connectivity index (χ1) is 27.9. The van der Waals surface area contributed by atoms with Crippen LogP contribution in [0, 0.1) is 0 Å². The maximum atomic E-state index is 15.3. The molecule has 4 aromatic rings. The summed E-state index contributed by atoms with van der Waals surface area (Å²) in [6.07, 6.45) is -22.8. The second-order valence-electron chi connectivity index (χ2n) is 16.1. The monoisotopic (exact) mass is 870 g/mol. The van der Waals surface area contributed by atoms with Crippen LogP contribution in [0.2, 0.25) is 0 Å². The van der Waals surface area contributed by atoms with Crippen LogP contribution < -0.4 is 4.90 Å². The topological polar surface area (TPSA) is 74.8 Å². The highest BCUT2D eigenvalue weighted by atomic mass is 19.4. The van der Waals surface area contributed by atoms with Gasteiger partial charge in [-0.25, -0.2) is 4.90 Å². The van der Waals surface area contributed by atoms with Gasteiger partial charge in [-0.2, -0.15) is 52.7 Å². The SMILES string of the molecule is CCC(C)(CC)N1C(=O)c2ccc(C(c3ccc4c(c3)C(=O)N(c3ccc(-c5ccc(C(C)(C)C)cc5C(F)(F)F)c(C(F)(F)F)c3)C4=O)(C(F)(F)F)C(F)(F)F)cc2C1=O. The first-order valence-electron chi connectivity index (χ1n) is 18.5. The van der Waals surface area contributed by atoms with Crippen LogP contribution in [0.4, 0.5) is 58.4 Å². The number of amides is 4. The number of rotatable bonds is 7. The number of benzene rings is 4. The van der Waals surface area contributed by atoms with Crippen molar-refractivity contribution in [2.75, 3.05) is 4.90 Å². The number of alkyl halides is 12. The molecule has 0 atom stereocenters. The molecule has 2 heterocycles. The number of fused-ring (bicyclic) bond motifs is 2. The van der Waals surface area contributed by atoms with Gasteiger partial charge < -0.3 is 0 Å². The van der Waals surface area contributed by atoms with E-state index in [1.165, 1.54) is 13.0 Å². The largest absolute Gasteiger partial charge is 0.417 e. The fraction of sp³-hybridized carbons (Fsp3) is 0.349. The molecule has 6 rings (SSSR count). The molecule has 0 bridgehead atoms. The standard InChI is InChI=1S/C43H34F12N2O4/c1-7-38(6,8-2)57-35(60)28-15-11-23(18-30(28)36(57)61)39(42(50,51)52,43(53,54)55)22-10-14-27-29(17-22)34(59)56(33(27)58)24-12-16-26(32(20-24)41(47,48)49)25-13-9-21(37(3,4)5)19-31(25)40(44,45)46/h9-20H,7-8H2,1-6H3. The summed E-state index contributed by atoms with van der Waals surface area (Å²) >= 11 is 0. The molecule has 4 aromatic carbocycles. The summed E-state index contributed by atoms with van der Waals surface area (Å²) in [7, 11) is 0. The summed E-state index contributed by atoms with van der Waals surface area (Å²) in [4.78, 5) is 55.0. The van der Waals surface area contributed by atoms with E-state index in [0.717, 1.165) is 11.0 Å². The van der Waals surface area contributed by atoms with Gasteiger partial charge in [0.1, 0.15) is 0 Å². The lowest BCUT2D eigenvalue weighted by Gasteiger charge is -2.38. The summed E-state index contributed by atoms with van der Waals surface area (Å²) in [5.41, 5.74) is -19.2. The van der Waals surface area contributed by atoms with Crippen LogP contribution in [-0.2, 0) is 23.2 Å². The van der Waals surface area contributed by atoms with E-state index in [-0.39, 0.29) is 41.5 Å². The second kappa shape index (κ2) is 14.2. The molecule has 2 aliphatic rings. The molecule has 6 nitrogen and oxygen atoms in total. The third-order valence-corrected chi connectivity index (χ3v) is 11.6. The predicted octanol–water partition coefficient (Wildman–Crippen LogP) is 12.1.